The van der Waals surface area contributed by atoms with Gasteiger partial charge in [0.25, 0.3) is 0 Å². The Morgan fingerprint density at radius 1 is 1.38 bits per heavy atom. The van der Waals surface area contributed by atoms with Gasteiger partial charge < -0.3 is 25.5 Å². The van der Waals surface area contributed by atoms with E-state index in [2.05, 4.69) is 20.6 Å². The molecule has 0 aliphatic heterocycles. The Bertz CT molecular complexity index is 612. The lowest BCUT2D eigenvalue weighted by Gasteiger charge is -2.08. The second kappa shape index (κ2) is 6.94. The van der Waals surface area contributed by atoms with Crippen LogP contribution in [0.4, 0.5) is 10.5 Å². The van der Waals surface area contributed by atoms with Gasteiger partial charge in [-0.05, 0) is 12.1 Å². The number of H-pyrrole nitrogens is 1. The molecule has 4 N–H and O–H groups in total. The number of aromatic amines is 1. The number of hydrogen-bond donors (Lipinski definition) is 4. The maximum Gasteiger partial charge on any atom is 0.341 e. The number of carbonyl (C=O) groups is 2. The average Bonchev–Trinajstić information content (AvgIpc) is 2.97. The number of hydrogen-bond acceptors (Lipinski definition) is 4. The molecule has 0 aliphatic rings. The van der Waals surface area contributed by atoms with Crippen LogP contribution in [0.25, 0.3) is 0 Å². The zero-order valence-corrected chi connectivity index (χ0v) is 11.0. The summed E-state index contributed by atoms with van der Waals surface area (Å²) in [4.78, 5) is 28.9. The fourth-order valence-electron chi connectivity index (χ4n) is 1.54. The van der Waals surface area contributed by atoms with Gasteiger partial charge in [0, 0.05) is 24.1 Å². The summed E-state index contributed by atoms with van der Waals surface area (Å²) in [7, 11) is 0. The fraction of sp³-hybridized carbons (Fsp3) is 0.154. The smallest absolute Gasteiger partial charge is 0.341 e. The van der Waals surface area contributed by atoms with Crippen LogP contribution in [0.3, 0.4) is 0 Å². The number of benzene rings is 1. The summed E-state index contributed by atoms with van der Waals surface area (Å²) in [5.74, 6) is -0.0607. The first kappa shape index (κ1) is 14.4. The van der Waals surface area contributed by atoms with E-state index in [4.69, 9.17) is 9.84 Å². The highest BCUT2D eigenvalue weighted by molar-refractivity contribution is 5.89. The van der Waals surface area contributed by atoms with Crippen LogP contribution in [0.15, 0.2) is 36.7 Å². The third-order valence-electron chi connectivity index (χ3n) is 2.43. The van der Waals surface area contributed by atoms with Crippen LogP contribution in [0, 0.1) is 0 Å². The molecule has 0 radical (unpaired) electrons. The van der Waals surface area contributed by atoms with E-state index in [1.165, 1.54) is 6.07 Å². The third-order valence-corrected chi connectivity index (χ3v) is 2.43. The summed E-state index contributed by atoms with van der Waals surface area (Å²) in [6, 6.07) is 6.06. The van der Waals surface area contributed by atoms with Gasteiger partial charge in [0.1, 0.15) is 11.6 Å². The third kappa shape index (κ3) is 4.86. The number of aliphatic carboxylic acids is 1. The van der Waals surface area contributed by atoms with Crippen molar-refractivity contribution in [1.82, 2.24) is 15.3 Å². The first-order chi connectivity index (χ1) is 10.1. The molecular weight excluding hydrogens is 276 g/mol. The number of urea groups is 1. The van der Waals surface area contributed by atoms with Gasteiger partial charge in [-0.15, -0.1) is 0 Å². The summed E-state index contributed by atoms with van der Waals surface area (Å²) < 4.78 is 5.02. The van der Waals surface area contributed by atoms with E-state index in [1.807, 2.05) is 0 Å². The average molecular weight is 290 g/mol. The number of carbonyl (C=O) groups excluding carboxylic acids is 1. The second-order valence-corrected chi connectivity index (χ2v) is 4.05. The Balaban J connectivity index is 1.85. The zero-order valence-electron chi connectivity index (χ0n) is 11.0. The van der Waals surface area contributed by atoms with E-state index >= 15 is 0 Å². The van der Waals surface area contributed by atoms with Gasteiger partial charge in [0.05, 0.1) is 6.54 Å². The van der Waals surface area contributed by atoms with Crippen LogP contribution in [-0.4, -0.2) is 33.7 Å². The van der Waals surface area contributed by atoms with Crippen molar-refractivity contribution in [3.8, 4) is 5.75 Å². The maximum absolute atomic E-state index is 11.7. The van der Waals surface area contributed by atoms with Gasteiger partial charge in [-0.1, -0.05) is 6.07 Å². The number of carboxylic acid groups (broad SMARTS) is 1. The van der Waals surface area contributed by atoms with Crippen LogP contribution in [0.5, 0.6) is 5.75 Å². The number of anilines is 1. The fourth-order valence-corrected chi connectivity index (χ4v) is 1.54. The van der Waals surface area contributed by atoms with E-state index in [9.17, 15) is 9.59 Å². The molecular formula is C13H14N4O4. The SMILES string of the molecule is O=C(O)COc1cccc(NC(=O)NCc2ncc[nH]2)c1. The molecule has 0 atom stereocenters. The molecule has 0 aliphatic carbocycles. The molecule has 0 saturated heterocycles. The van der Waals surface area contributed by atoms with Crippen molar-refractivity contribution in [2.45, 2.75) is 6.54 Å². The molecule has 8 nitrogen and oxygen atoms in total. The molecule has 0 bridgehead atoms. The summed E-state index contributed by atoms with van der Waals surface area (Å²) in [5, 5.41) is 13.8. The molecule has 0 saturated carbocycles. The predicted octanol–water partition coefficient (Wildman–Crippen LogP) is 1.19. The molecule has 0 unspecified atom stereocenters. The van der Waals surface area contributed by atoms with Crippen LogP contribution in [0.2, 0.25) is 0 Å². The highest BCUT2D eigenvalue weighted by atomic mass is 16.5. The molecule has 8 heteroatoms. The van der Waals surface area contributed by atoms with E-state index in [1.54, 1.807) is 30.6 Å². The number of aromatic nitrogens is 2. The molecule has 2 amide bonds. The van der Waals surface area contributed by atoms with Crippen LogP contribution in [-0.2, 0) is 11.3 Å². The van der Waals surface area contributed by atoms with Crippen LogP contribution < -0.4 is 15.4 Å². The second-order valence-electron chi connectivity index (χ2n) is 4.05. The Kier molecular flexibility index (Phi) is 4.75. The van der Waals surface area contributed by atoms with E-state index in [0.717, 1.165) is 0 Å². The molecule has 21 heavy (non-hydrogen) atoms. The van der Waals surface area contributed by atoms with Gasteiger partial charge in [-0.2, -0.15) is 0 Å². The maximum atomic E-state index is 11.7. The molecule has 1 heterocycles. The molecule has 1 aromatic heterocycles. The van der Waals surface area contributed by atoms with Crippen molar-refractivity contribution in [1.29, 1.82) is 0 Å². The minimum Gasteiger partial charge on any atom is -0.482 e. The highest BCUT2D eigenvalue weighted by Crippen LogP contribution is 2.17. The highest BCUT2D eigenvalue weighted by Gasteiger charge is 2.04. The summed E-state index contributed by atoms with van der Waals surface area (Å²) in [6.07, 6.45) is 3.26. The molecule has 0 spiro atoms. The Morgan fingerprint density at radius 2 is 2.24 bits per heavy atom. The first-order valence-corrected chi connectivity index (χ1v) is 6.11. The van der Waals surface area contributed by atoms with Crippen LogP contribution in [0.1, 0.15) is 5.82 Å². The van der Waals surface area contributed by atoms with Gasteiger partial charge in [0.15, 0.2) is 6.61 Å². The lowest BCUT2D eigenvalue weighted by molar-refractivity contribution is -0.139. The molecule has 2 aromatic rings. The molecule has 1 aromatic carbocycles. The van der Waals surface area contributed by atoms with Gasteiger partial charge in [-0.25, -0.2) is 14.6 Å². The molecule has 0 fully saturated rings. The van der Waals surface area contributed by atoms with E-state index < -0.39 is 18.6 Å². The van der Waals surface area contributed by atoms with Gasteiger partial charge in [-0.3, -0.25) is 0 Å². The number of ether oxygens (including phenoxy) is 1. The number of carboxylic acids is 1. The Labute approximate surface area is 120 Å². The Hall–Kier alpha value is -3.03. The number of nitrogens with one attached hydrogen (secondary N) is 3. The summed E-state index contributed by atoms with van der Waals surface area (Å²) in [6.45, 7) is -0.165. The predicted molar refractivity (Wildman–Crippen MR) is 74.0 cm³/mol. The number of amides is 2. The quantitative estimate of drug-likeness (QED) is 0.637. The van der Waals surface area contributed by atoms with Gasteiger partial charge >= 0.3 is 12.0 Å². The van der Waals surface area contributed by atoms with E-state index in [0.29, 0.717) is 17.3 Å². The van der Waals surface area contributed by atoms with Crippen LogP contribution >= 0.6 is 0 Å². The molecule has 2 rings (SSSR count). The van der Waals surface area contributed by atoms with E-state index in [-0.39, 0.29) is 6.54 Å². The standard InChI is InChI=1S/C13H14N4O4/c18-12(19)8-21-10-3-1-2-9(6-10)17-13(20)16-7-11-14-4-5-15-11/h1-6H,7-8H2,(H,14,15)(H,18,19)(H2,16,17,20). The monoisotopic (exact) mass is 290 g/mol. The zero-order chi connectivity index (χ0) is 15.1. The minimum atomic E-state index is -1.07. The number of imidazole rings is 1. The van der Waals surface area contributed by atoms with Gasteiger partial charge in [0.2, 0.25) is 0 Å². The summed E-state index contributed by atoms with van der Waals surface area (Å²) >= 11 is 0. The van der Waals surface area contributed by atoms with Crippen molar-refractivity contribution in [3.63, 3.8) is 0 Å². The Morgan fingerprint density at radius 3 is 2.95 bits per heavy atom. The summed E-state index contributed by atoms with van der Waals surface area (Å²) in [5.41, 5.74) is 0.495. The van der Waals surface area contributed by atoms with Crippen molar-refractivity contribution in [2.75, 3.05) is 11.9 Å². The normalized spacial score (nSPS) is 9.90. The van der Waals surface area contributed by atoms with Crippen molar-refractivity contribution < 1.29 is 19.4 Å². The van der Waals surface area contributed by atoms with Crippen molar-refractivity contribution in [3.05, 3.63) is 42.5 Å². The lowest BCUT2D eigenvalue weighted by atomic mass is 10.3. The first-order valence-electron chi connectivity index (χ1n) is 6.11. The number of rotatable bonds is 6. The number of nitrogens with zero attached hydrogens (tertiary/aromatic N) is 1. The minimum absolute atomic E-state index is 0.272. The van der Waals surface area contributed by atoms with Crippen molar-refractivity contribution >= 4 is 17.7 Å². The lowest BCUT2D eigenvalue weighted by Crippen LogP contribution is -2.28. The molecule has 110 valence electrons. The van der Waals surface area contributed by atoms with Crippen molar-refractivity contribution in [2.24, 2.45) is 0 Å². The largest absolute Gasteiger partial charge is 0.482 e. The topological polar surface area (TPSA) is 116 Å².